The Kier molecular flexibility index (Phi) is 13.0. The molecule has 0 saturated carbocycles. The van der Waals surface area contributed by atoms with Gasteiger partial charge in [-0.1, -0.05) is 6.08 Å². The molecule has 0 saturated heterocycles. The highest BCUT2D eigenvalue weighted by Crippen LogP contribution is 1.69. The molecule has 0 aromatic heterocycles. The first kappa shape index (κ1) is 10.6. The Labute approximate surface area is 51.4 Å². The average Bonchev–Trinajstić information content (AvgIpc) is 1.72. The van der Waals surface area contributed by atoms with Crippen LogP contribution in [0.3, 0.4) is 0 Å². The topological polar surface area (TPSA) is 23.5 Å². The van der Waals surface area contributed by atoms with E-state index in [9.17, 15) is 0 Å². The molecular weight excluding hydrogens is 102 g/mol. The molecule has 0 aliphatic heterocycles. The van der Waals surface area contributed by atoms with Crippen molar-refractivity contribution < 1.29 is 5.11 Å². The lowest BCUT2D eigenvalue weighted by Gasteiger charge is -2.01. The Morgan fingerprint density at radius 1 is 1.50 bits per heavy atom. The van der Waals surface area contributed by atoms with Gasteiger partial charge in [-0.3, -0.25) is 0 Å². The van der Waals surface area contributed by atoms with Gasteiger partial charge in [0.1, 0.15) is 0 Å². The molecule has 0 unspecified atom stereocenters. The fraction of sp³-hybridized carbons (Fsp3) is 0.667. The zero-order chi connectivity index (χ0) is 6.99. The van der Waals surface area contributed by atoms with Crippen LogP contribution in [-0.4, -0.2) is 37.8 Å². The lowest BCUT2D eigenvalue weighted by Crippen LogP contribution is -2.09. The third-order valence-corrected chi connectivity index (χ3v) is 0.494. The van der Waals surface area contributed by atoms with E-state index in [4.69, 9.17) is 5.11 Å². The van der Waals surface area contributed by atoms with Crippen LogP contribution in [0.2, 0.25) is 0 Å². The minimum Gasteiger partial charge on any atom is -0.400 e. The van der Waals surface area contributed by atoms with E-state index < -0.39 is 0 Å². The molecule has 0 rings (SSSR count). The second-order valence-electron chi connectivity index (χ2n) is 1.55. The molecule has 0 spiro atoms. The first-order chi connectivity index (χ1) is 3.77. The van der Waals surface area contributed by atoms with Gasteiger partial charge in [0.2, 0.25) is 0 Å². The molecule has 2 nitrogen and oxygen atoms in total. The van der Waals surface area contributed by atoms with E-state index >= 15 is 0 Å². The Bertz CT molecular complexity index is 43.8. The number of likely N-dealkylation sites (N-methyl/N-ethyl adjacent to an activating group) is 1. The van der Waals surface area contributed by atoms with Gasteiger partial charge in [-0.2, -0.15) is 0 Å². The van der Waals surface area contributed by atoms with E-state index in [-0.39, 0.29) is 0 Å². The molecule has 0 aliphatic carbocycles. The standard InChI is InChI=1S/C5H11N.CH4O/c1-4-5-6(2)3;1-2/h4H,1,5H2,2-3H3;2H,1H3. The van der Waals surface area contributed by atoms with Crippen molar-refractivity contribution in [3.05, 3.63) is 12.7 Å². The minimum absolute atomic E-state index is 0.972. The van der Waals surface area contributed by atoms with Gasteiger partial charge < -0.3 is 10.0 Å². The van der Waals surface area contributed by atoms with E-state index in [2.05, 4.69) is 11.5 Å². The smallest absolute Gasteiger partial charge is 0.0319 e. The molecule has 0 heterocycles. The average molecular weight is 117 g/mol. The summed E-state index contributed by atoms with van der Waals surface area (Å²) in [4.78, 5) is 2.06. The summed E-state index contributed by atoms with van der Waals surface area (Å²) in [5.41, 5.74) is 0. The Hall–Kier alpha value is -0.340. The first-order valence-electron chi connectivity index (χ1n) is 2.47. The van der Waals surface area contributed by atoms with Gasteiger partial charge in [0.25, 0.3) is 0 Å². The van der Waals surface area contributed by atoms with E-state index in [1.54, 1.807) is 0 Å². The fourth-order valence-corrected chi connectivity index (χ4v) is 0.258. The molecule has 0 amide bonds. The van der Waals surface area contributed by atoms with Crippen LogP contribution < -0.4 is 0 Å². The lowest BCUT2D eigenvalue weighted by molar-refractivity contribution is 0.399. The van der Waals surface area contributed by atoms with Crippen molar-refractivity contribution in [1.82, 2.24) is 4.90 Å². The summed E-state index contributed by atoms with van der Waals surface area (Å²) in [6.45, 7) is 4.53. The van der Waals surface area contributed by atoms with E-state index in [1.165, 1.54) is 0 Å². The maximum Gasteiger partial charge on any atom is 0.0319 e. The molecular formula is C6H15NO. The summed E-state index contributed by atoms with van der Waals surface area (Å²) in [5, 5.41) is 7.00. The number of nitrogens with zero attached hydrogens (tertiary/aromatic N) is 1. The fourth-order valence-electron chi connectivity index (χ4n) is 0.258. The van der Waals surface area contributed by atoms with Crippen LogP contribution in [0, 0.1) is 0 Å². The van der Waals surface area contributed by atoms with E-state index in [1.807, 2.05) is 20.2 Å². The number of aliphatic hydroxyl groups excluding tert-OH is 1. The van der Waals surface area contributed by atoms with Crippen molar-refractivity contribution in [1.29, 1.82) is 0 Å². The Morgan fingerprint density at radius 3 is 1.88 bits per heavy atom. The van der Waals surface area contributed by atoms with Gasteiger partial charge in [0.05, 0.1) is 0 Å². The molecule has 8 heavy (non-hydrogen) atoms. The van der Waals surface area contributed by atoms with Crippen molar-refractivity contribution in [2.24, 2.45) is 0 Å². The van der Waals surface area contributed by atoms with E-state index in [0.717, 1.165) is 13.7 Å². The van der Waals surface area contributed by atoms with Crippen molar-refractivity contribution in [3.8, 4) is 0 Å². The second kappa shape index (κ2) is 9.83. The summed E-state index contributed by atoms with van der Waals surface area (Å²) >= 11 is 0. The third-order valence-electron chi connectivity index (χ3n) is 0.494. The number of rotatable bonds is 2. The van der Waals surface area contributed by atoms with Gasteiger partial charge in [-0.25, -0.2) is 0 Å². The highest BCUT2D eigenvalue weighted by Gasteiger charge is 1.75. The molecule has 0 fully saturated rings. The molecule has 2 heteroatoms. The molecule has 0 bridgehead atoms. The van der Waals surface area contributed by atoms with Crippen molar-refractivity contribution in [2.75, 3.05) is 27.7 Å². The maximum absolute atomic E-state index is 7.00. The number of hydrogen-bond donors (Lipinski definition) is 1. The second-order valence-corrected chi connectivity index (χ2v) is 1.55. The molecule has 0 aromatic carbocycles. The molecule has 0 aliphatic rings. The minimum atomic E-state index is 0.972. The molecule has 0 aromatic rings. The van der Waals surface area contributed by atoms with Crippen LogP contribution in [0.1, 0.15) is 0 Å². The van der Waals surface area contributed by atoms with Gasteiger partial charge >= 0.3 is 0 Å². The lowest BCUT2D eigenvalue weighted by atomic mass is 10.6. The van der Waals surface area contributed by atoms with Gasteiger partial charge in [0.15, 0.2) is 0 Å². The highest BCUT2D eigenvalue weighted by atomic mass is 16.2. The normalized spacial score (nSPS) is 7.62. The summed E-state index contributed by atoms with van der Waals surface area (Å²) in [6.07, 6.45) is 1.88. The zero-order valence-corrected chi connectivity index (χ0v) is 5.89. The summed E-state index contributed by atoms with van der Waals surface area (Å²) in [6, 6.07) is 0. The van der Waals surface area contributed by atoms with Crippen LogP contribution >= 0.6 is 0 Å². The summed E-state index contributed by atoms with van der Waals surface area (Å²) in [7, 11) is 5.03. The monoisotopic (exact) mass is 117 g/mol. The quantitative estimate of drug-likeness (QED) is 0.527. The van der Waals surface area contributed by atoms with Gasteiger partial charge in [-0.05, 0) is 14.1 Å². The largest absolute Gasteiger partial charge is 0.400 e. The molecule has 0 radical (unpaired) electrons. The van der Waals surface area contributed by atoms with Crippen molar-refractivity contribution in [2.45, 2.75) is 0 Å². The highest BCUT2D eigenvalue weighted by molar-refractivity contribution is 4.68. The maximum atomic E-state index is 7.00. The zero-order valence-electron chi connectivity index (χ0n) is 5.89. The van der Waals surface area contributed by atoms with Crippen molar-refractivity contribution >= 4 is 0 Å². The SMILES string of the molecule is C=CCN(C)C.CO. The van der Waals surface area contributed by atoms with Crippen LogP contribution in [0.4, 0.5) is 0 Å². The van der Waals surface area contributed by atoms with Crippen molar-refractivity contribution in [3.63, 3.8) is 0 Å². The van der Waals surface area contributed by atoms with Crippen LogP contribution in [0.5, 0.6) is 0 Å². The van der Waals surface area contributed by atoms with Gasteiger partial charge in [-0.15, -0.1) is 6.58 Å². The van der Waals surface area contributed by atoms with Crippen LogP contribution in [0.25, 0.3) is 0 Å². The molecule has 50 valence electrons. The number of hydrogen-bond acceptors (Lipinski definition) is 2. The molecule has 1 N–H and O–H groups in total. The summed E-state index contributed by atoms with van der Waals surface area (Å²) in [5.74, 6) is 0. The Morgan fingerprint density at radius 2 is 1.88 bits per heavy atom. The van der Waals surface area contributed by atoms with E-state index in [0.29, 0.717) is 0 Å². The Balaban J connectivity index is 0. The van der Waals surface area contributed by atoms with Gasteiger partial charge in [0, 0.05) is 13.7 Å². The predicted molar refractivity (Wildman–Crippen MR) is 36.9 cm³/mol. The third kappa shape index (κ3) is 17.4. The first-order valence-corrected chi connectivity index (χ1v) is 2.47. The summed E-state index contributed by atoms with van der Waals surface area (Å²) < 4.78 is 0. The molecule has 0 atom stereocenters. The number of aliphatic hydroxyl groups is 1. The predicted octanol–water partition coefficient (Wildman–Crippen LogP) is 0.342. The van der Waals surface area contributed by atoms with Crippen LogP contribution in [-0.2, 0) is 0 Å². The van der Waals surface area contributed by atoms with Crippen LogP contribution in [0.15, 0.2) is 12.7 Å².